The van der Waals surface area contributed by atoms with Crippen LogP contribution >= 0.6 is 11.3 Å². The molecule has 0 aliphatic rings. The molecular weight excluding hydrogens is 398 g/mol. The minimum absolute atomic E-state index is 0.388. The molecule has 4 aromatic rings. The maximum Gasteiger partial charge on any atom is 0.355 e. The van der Waals surface area contributed by atoms with E-state index in [4.69, 9.17) is 4.74 Å². The number of fused-ring (bicyclic) bond motifs is 1. The molecule has 152 valence electrons. The molecule has 1 atom stereocenters. The number of anilines is 1. The lowest BCUT2D eigenvalue weighted by molar-refractivity contribution is -0.123. The Bertz CT molecular complexity index is 1220. The van der Waals surface area contributed by atoms with Crippen molar-refractivity contribution >= 4 is 39.1 Å². The van der Waals surface area contributed by atoms with Crippen molar-refractivity contribution in [3.05, 3.63) is 72.1 Å². The zero-order valence-electron chi connectivity index (χ0n) is 16.9. The highest BCUT2D eigenvalue weighted by Crippen LogP contribution is 2.31. The molecule has 0 spiro atoms. The number of carbonyl (C=O) groups excluding carboxylic acids is 2. The predicted octanol–water partition coefficient (Wildman–Crippen LogP) is 4.79. The molecule has 6 nitrogen and oxygen atoms in total. The van der Waals surface area contributed by atoms with E-state index in [1.54, 1.807) is 48.2 Å². The first-order valence-electron chi connectivity index (χ1n) is 9.51. The largest absolute Gasteiger partial charge is 0.448 e. The summed E-state index contributed by atoms with van der Waals surface area (Å²) in [5, 5.41) is 3.71. The van der Waals surface area contributed by atoms with Gasteiger partial charge >= 0.3 is 5.97 Å². The lowest BCUT2D eigenvalue weighted by Crippen LogP contribution is -2.30. The van der Waals surface area contributed by atoms with E-state index in [0.717, 1.165) is 20.8 Å². The maximum absolute atomic E-state index is 12.4. The smallest absolute Gasteiger partial charge is 0.355 e. The summed E-state index contributed by atoms with van der Waals surface area (Å²) < 4.78 is 8.06. The molecule has 0 unspecified atom stereocenters. The van der Waals surface area contributed by atoms with Gasteiger partial charge in [0.2, 0.25) is 0 Å². The van der Waals surface area contributed by atoms with Crippen LogP contribution in [0.2, 0.25) is 0 Å². The number of thiazole rings is 1. The number of amides is 1. The highest BCUT2D eigenvalue weighted by Gasteiger charge is 2.20. The topological polar surface area (TPSA) is 73.2 Å². The molecule has 2 aromatic heterocycles. The number of esters is 1. The molecule has 0 aliphatic heterocycles. The number of benzene rings is 2. The maximum atomic E-state index is 12.4. The van der Waals surface area contributed by atoms with Gasteiger partial charge in [-0.2, -0.15) is 0 Å². The van der Waals surface area contributed by atoms with Crippen molar-refractivity contribution in [1.29, 1.82) is 0 Å². The monoisotopic (exact) mass is 419 g/mol. The third kappa shape index (κ3) is 4.11. The van der Waals surface area contributed by atoms with Crippen molar-refractivity contribution in [2.45, 2.75) is 20.0 Å². The van der Waals surface area contributed by atoms with Crippen LogP contribution in [0, 0.1) is 6.92 Å². The molecule has 0 radical (unpaired) electrons. The molecule has 4 rings (SSSR count). The van der Waals surface area contributed by atoms with Crippen molar-refractivity contribution in [1.82, 2.24) is 9.55 Å². The summed E-state index contributed by atoms with van der Waals surface area (Å²) in [5.41, 5.74) is 4.19. The molecule has 1 amide bonds. The third-order valence-corrected chi connectivity index (χ3v) is 5.82. The molecule has 0 saturated heterocycles. The summed E-state index contributed by atoms with van der Waals surface area (Å²) in [4.78, 5) is 29.2. The zero-order chi connectivity index (χ0) is 21.3. The molecule has 0 bridgehead atoms. The van der Waals surface area contributed by atoms with Crippen LogP contribution in [0.4, 0.5) is 5.69 Å². The molecule has 0 aliphatic carbocycles. The Morgan fingerprint density at radius 3 is 2.60 bits per heavy atom. The number of hydrogen-bond acceptors (Lipinski definition) is 5. The van der Waals surface area contributed by atoms with Gasteiger partial charge in [0.25, 0.3) is 5.91 Å². The fraction of sp³-hybridized carbons (Fsp3) is 0.174. The van der Waals surface area contributed by atoms with Crippen LogP contribution in [0.25, 0.3) is 20.8 Å². The Morgan fingerprint density at radius 2 is 1.90 bits per heavy atom. The lowest BCUT2D eigenvalue weighted by atomic mass is 10.2. The van der Waals surface area contributed by atoms with Gasteiger partial charge in [-0.15, -0.1) is 11.3 Å². The second-order valence-corrected chi connectivity index (χ2v) is 8.14. The molecule has 2 aromatic carbocycles. The second-order valence-electron chi connectivity index (χ2n) is 7.11. The Kier molecular flexibility index (Phi) is 5.37. The number of nitrogens with one attached hydrogen (secondary N) is 1. The van der Waals surface area contributed by atoms with Crippen molar-refractivity contribution in [3.8, 4) is 10.6 Å². The van der Waals surface area contributed by atoms with Crippen LogP contribution in [0.1, 0.15) is 23.0 Å². The molecule has 0 saturated carbocycles. The summed E-state index contributed by atoms with van der Waals surface area (Å²) in [7, 11) is 1.75. The highest BCUT2D eigenvalue weighted by atomic mass is 32.1. The first-order chi connectivity index (χ1) is 14.4. The Balaban J connectivity index is 1.41. The van der Waals surface area contributed by atoms with Gasteiger partial charge in [-0.05, 0) is 67.9 Å². The van der Waals surface area contributed by atoms with E-state index in [0.29, 0.717) is 11.4 Å². The molecule has 0 fully saturated rings. The average molecular weight is 420 g/mol. The van der Waals surface area contributed by atoms with Crippen LogP contribution in [-0.2, 0) is 16.6 Å². The van der Waals surface area contributed by atoms with Crippen LogP contribution in [0.5, 0.6) is 0 Å². The summed E-state index contributed by atoms with van der Waals surface area (Å²) in [6.07, 6.45) is 0.828. The standard InChI is InChI=1S/C23H21N3O3S/c1-14-6-11-18-20(13-14)30-22(25-18)16-7-9-17(10-8-16)24-21(27)15(2)29-23(28)19-5-4-12-26(19)3/h4-13,15H,1-3H3,(H,24,27)/t15-/m1/s1. The number of hydrogen-bond donors (Lipinski definition) is 1. The summed E-state index contributed by atoms with van der Waals surface area (Å²) in [6, 6.07) is 17.1. The number of ether oxygens (including phenoxy) is 1. The summed E-state index contributed by atoms with van der Waals surface area (Å²) in [5.74, 6) is -0.924. The minimum Gasteiger partial charge on any atom is -0.448 e. The van der Waals surface area contributed by atoms with E-state index >= 15 is 0 Å². The van der Waals surface area contributed by atoms with Crippen LogP contribution in [0.15, 0.2) is 60.8 Å². The van der Waals surface area contributed by atoms with E-state index < -0.39 is 12.1 Å². The quantitative estimate of drug-likeness (QED) is 0.472. The van der Waals surface area contributed by atoms with Crippen molar-refractivity contribution in [2.75, 3.05) is 5.32 Å². The van der Waals surface area contributed by atoms with E-state index in [1.165, 1.54) is 5.56 Å². The fourth-order valence-electron chi connectivity index (χ4n) is 3.04. The van der Waals surface area contributed by atoms with Crippen molar-refractivity contribution in [3.63, 3.8) is 0 Å². The van der Waals surface area contributed by atoms with Gasteiger partial charge in [0.1, 0.15) is 10.7 Å². The molecule has 30 heavy (non-hydrogen) atoms. The third-order valence-electron chi connectivity index (χ3n) is 4.75. The molecule has 1 N–H and O–H groups in total. The predicted molar refractivity (Wildman–Crippen MR) is 119 cm³/mol. The Hall–Kier alpha value is -3.45. The number of carbonyl (C=O) groups is 2. The van der Waals surface area contributed by atoms with E-state index in [2.05, 4.69) is 29.4 Å². The van der Waals surface area contributed by atoms with Gasteiger partial charge in [0.15, 0.2) is 6.10 Å². The number of aryl methyl sites for hydroxylation is 2. The lowest BCUT2D eigenvalue weighted by Gasteiger charge is -2.14. The van der Waals surface area contributed by atoms with Gasteiger partial charge in [0, 0.05) is 24.5 Å². The van der Waals surface area contributed by atoms with Crippen molar-refractivity contribution in [2.24, 2.45) is 7.05 Å². The first kappa shape index (κ1) is 19.8. The first-order valence-corrected chi connectivity index (χ1v) is 10.3. The zero-order valence-corrected chi connectivity index (χ0v) is 17.7. The van der Waals surface area contributed by atoms with Gasteiger partial charge in [-0.25, -0.2) is 9.78 Å². The summed E-state index contributed by atoms with van der Waals surface area (Å²) >= 11 is 1.64. The minimum atomic E-state index is -0.917. The number of aromatic nitrogens is 2. The fourth-order valence-corrected chi connectivity index (χ4v) is 4.11. The van der Waals surface area contributed by atoms with Crippen LogP contribution in [-0.4, -0.2) is 27.5 Å². The Morgan fingerprint density at radius 1 is 1.13 bits per heavy atom. The molecular formula is C23H21N3O3S. The SMILES string of the molecule is Cc1ccc2nc(-c3ccc(NC(=O)[C@@H](C)OC(=O)c4cccn4C)cc3)sc2c1. The van der Waals surface area contributed by atoms with E-state index in [9.17, 15) is 9.59 Å². The number of nitrogens with zero attached hydrogens (tertiary/aromatic N) is 2. The van der Waals surface area contributed by atoms with Crippen LogP contribution in [0.3, 0.4) is 0 Å². The number of rotatable bonds is 5. The van der Waals surface area contributed by atoms with Crippen LogP contribution < -0.4 is 5.32 Å². The molecule has 7 heteroatoms. The van der Waals surface area contributed by atoms with E-state index in [1.807, 2.05) is 30.3 Å². The normalized spacial score (nSPS) is 12.0. The molecule has 2 heterocycles. The highest BCUT2D eigenvalue weighted by molar-refractivity contribution is 7.21. The Labute approximate surface area is 178 Å². The average Bonchev–Trinajstić information content (AvgIpc) is 3.34. The van der Waals surface area contributed by atoms with Gasteiger partial charge in [-0.1, -0.05) is 6.07 Å². The second kappa shape index (κ2) is 8.12. The van der Waals surface area contributed by atoms with Crippen molar-refractivity contribution < 1.29 is 14.3 Å². The van der Waals surface area contributed by atoms with Gasteiger partial charge < -0.3 is 14.6 Å². The summed E-state index contributed by atoms with van der Waals surface area (Å²) in [6.45, 7) is 3.61. The van der Waals surface area contributed by atoms with Gasteiger partial charge in [0.05, 0.1) is 10.2 Å². The van der Waals surface area contributed by atoms with Gasteiger partial charge in [-0.3, -0.25) is 4.79 Å². The van der Waals surface area contributed by atoms with E-state index in [-0.39, 0.29) is 5.91 Å².